The van der Waals surface area contributed by atoms with E-state index in [2.05, 4.69) is 19.2 Å². The van der Waals surface area contributed by atoms with E-state index in [1.807, 2.05) is 0 Å². The van der Waals surface area contributed by atoms with Crippen molar-refractivity contribution in [3.05, 3.63) is 0 Å². The summed E-state index contributed by atoms with van der Waals surface area (Å²) >= 11 is 0. The van der Waals surface area contributed by atoms with Gasteiger partial charge in [-0.05, 0) is 31.7 Å². The van der Waals surface area contributed by atoms with Crippen LogP contribution in [0.15, 0.2) is 0 Å². The van der Waals surface area contributed by atoms with Gasteiger partial charge in [-0.25, -0.2) is 0 Å². The van der Waals surface area contributed by atoms with E-state index in [-0.39, 0.29) is 0 Å². The van der Waals surface area contributed by atoms with Gasteiger partial charge in [0.2, 0.25) is 0 Å². The Labute approximate surface area is 96.0 Å². The standard InChI is InChI=1S/C14H29N/c1-3-5-6-7-8-10-13-11-9-12-14(13)15-4-2/h13-15H,3-12H2,1-2H3. The summed E-state index contributed by atoms with van der Waals surface area (Å²) in [6.45, 7) is 5.67. The Kier molecular flexibility index (Phi) is 7.08. The first-order valence-corrected chi connectivity index (χ1v) is 7.11. The smallest absolute Gasteiger partial charge is 0.00952 e. The molecule has 1 rings (SSSR count). The van der Waals surface area contributed by atoms with E-state index >= 15 is 0 Å². The van der Waals surface area contributed by atoms with Crippen molar-refractivity contribution in [2.45, 2.75) is 77.7 Å². The lowest BCUT2D eigenvalue weighted by atomic mass is 9.95. The summed E-state index contributed by atoms with van der Waals surface area (Å²) in [4.78, 5) is 0. The van der Waals surface area contributed by atoms with Gasteiger partial charge in [-0.3, -0.25) is 0 Å². The minimum atomic E-state index is 0.848. The lowest BCUT2D eigenvalue weighted by molar-refractivity contribution is 0.371. The number of nitrogens with one attached hydrogen (secondary N) is 1. The monoisotopic (exact) mass is 211 g/mol. The quantitative estimate of drug-likeness (QED) is 0.595. The highest BCUT2D eigenvalue weighted by atomic mass is 14.9. The molecule has 0 heterocycles. The Bertz CT molecular complexity index is 144. The summed E-state index contributed by atoms with van der Waals surface area (Å²) in [6, 6.07) is 0.848. The summed E-state index contributed by atoms with van der Waals surface area (Å²) in [5, 5.41) is 3.65. The molecule has 1 aliphatic rings. The van der Waals surface area contributed by atoms with Crippen LogP contribution < -0.4 is 5.32 Å². The highest BCUT2D eigenvalue weighted by molar-refractivity contribution is 4.82. The van der Waals surface area contributed by atoms with Crippen molar-refractivity contribution in [3.8, 4) is 0 Å². The maximum atomic E-state index is 3.65. The van der Waals surface area contributed by atoms with Crippen molar-refractivity contribution >= 4 is 0 Å². The molecule has 0 aliphatic heterocycles. The third kappa shape index (κ3) is 5.01. The fraction of sp³-hybridized carbons (Fsp3) is 1.00. The third-order valence-electron chi connectivity index (χ3n) is 3.80. The zero-order valence-corrected chi connectivity index (χ0v) is 10.7. The summed E-state index contributed by atoms with van der Waals surface area (Å²) < 4.78 is 0. The predicted molar refractivity (Wildman–Crippen MR) is 68.2 cm³/mol. The molecular formula is C14H29N. The first-order chi connectivity index (χ1) is 7.38. The molecule has 15 heavy (non-hydrogen) atoms. The molecule has 1 fully saturated rings. The normalized spacial score (nSPS) is 26.0. The van der Waals surface area contributed by atoms with Crippen LogP contribution in [0.3, 0.4) is 0 Å². The van der Waals surface area contributed by atoms with Crippen LogP contribution in [0.4, 0.5) is 0 Å². The Hall–Kier alpha value is -0.0400. The van der Waals surface area contributed by atoms with Gasteiger partial charge in [-0.1, -0.05) is 52.4 Å². The van der Waals surface area contributed by atoms with Crippen molar-refractivity contribution in [2.24, 2.45) is 5.92 Å². The van der Waals surface area contributed by atoms with Gasteiger partial charge >= 0.3 is 0 Å². The average molecular weight is 211 g/mol. The first kappa shape index (κ1) is 13.0. The maximum absolute atomic E-state index is 3.65. The van der Waals surface area contributed by atoms with Crippen molar-refractivity contribution in [1.29, 1.82) is 0 Å². The maximum Gasteiger partial charge on any atom is 0.00952 e. The fourth-order valence-corrected chi connectivity index (χ4v) is 2.92. The van der Waals surface area contributed by atoms with E-state index in [9.17, 15) is 0 Å². The van der Waals surface area contributed by atoms with Crippen LogP contribution in [0.2, 0.25) is 0 Å². The highest BCUT2D eigenvalue weighted by Gasteiger charge is 2.25. The lowest BCUT2D eigenvalue weighted by Gasteiger charge is -2.20. The minimum absolute atomic E-state index is 0.848. The Morgan fingerprint density at radius 3 is 2.53 bits per heavy atom. The Balaban J connectivity index is 2.03. The van der Waals surface area contributed by atoms with Crippen LogP contribution in [0.25, 0.3) is 0 Å². The zero-order valence-electron chi connectivity index (χ0n) is 10.7. The summed E-state index contributed by atoms with van der Waals surface area (Å²) in [5.74, 6) is 0.992. The molecule has 2 unspecified atom stereocenters. The highest BCUT2D eigenvalue weighted by Crippen LogP contribution is 2.30. The summed E-state index contributed by atoms with van der Waals surface area (Å²) in [5.41, 5.74) is 0. The van der Waals surface area contributed by atoms with Gasteiger partial charge in [0, 0.05) is 6.04 Å². The van der Waals surface area contributed by atoms with E-state index < -0.39 is 0 Å². The van der Waals surface area contributed by atoms with Crippen LogP contribution in [-0.2, 0) is 0 Å². The van der Waals surface area contributed by atoms with Gasteiger partial charge < -0.3 is 5.32 Å². The van der Waals surface area contributed by atoms with Crippen molar-refractivity contribution in [3.63, 3.8) is 0 Å². The summed E-state index contributed by atoms with van der Waals surface area (Å²) in [6.07, 6.45) is 13.0. The molecule has 2 atom stereocenters. The topological polar surface area (TPSA) is 12.0 Å². The van der Waals surface area contributed by atoms with Crippen LogP contribution >= 0.6 is 0 Å². The molecule has 90 valence electrons. The molecule has 1 nitrogen and oxygen atoms in total. The molecule has 0 radical (unpaired) electrons. The SMILES string of the molecule is CCCCCCCC1CCCC1NCC. The van der Waals surface area contributed by atoms with Crippen LogP contribution in [0.5, 0.6) is 0 Å². The number of unbranched alkanes of at least 4 members (excludes halogenated alkanes) is 4. The van der Waals surface area contributed by atoms with E-state index in [1.54, 1.807) is 0 Å². The number of rotatable bonds is 8. The van der Waals surface area contributed by atoms with Gasteiger partial charge in [0.1, 0.15) is 0 Å². The molecule has 1 saturated carbocycles. The van der Waals surface area contributed by atoms with Crippen LogP contribution in [-0.4, -0.2) is 12.6 Å². The molecule has 0 aromatic rings. The molecule has 0 spiro atoms. The largest absolute Gasteiger partial charge is 0.314 e. The van der Waals surface area contributed by atoms with Gasteiger partial charge in [-0.15, -0.1) is 0 Å². The van der Waals surface area contributed by atoms with Gasteiger partial charge in [-0.2, -0.15) is 0 Å². The Morgan fingerprint density at radius 1 is 1.00 bits per heavy atom. The van der Waals surface area contributed by atoms with Crippen molar-refractivity contribution in [2.75, 3.05) is 6.54 Å². The van der Waals surface area contributed by atoms with Gasteiger partial charge in [0.15, 0.2) is 0 Å². The molecule has 0 aromatic carbocycles. The summed E-state index contributed by atoms with van der Waals surface area (Å²) in [7, 11) is 0. The van der Waals surface area contributed by atoms with Crippen LogP contribution in [0, 0.1) is 5.92 Å². The molecule has 1 N–H and O–H groups in total. The molecule has 1 aliphatic carbocycles. The van der Waals surface area contributed by atoms with E-state index in [0.717, 1.165) is 18.5 Å². The van der Waals surface area contributed by atoms with E-state index in [0.29, 0.717) is 0 Å². The number of hydrogen-bond donors (Lipinski definition) is 1. The Morgan fingerprint density at radius 2 is 1.80 bits per heavy atom. The first-order valence-electron chi connectivity index (χ1n) is 7.11. The second-order valence-corrected chi connectivity index (χ2v) is 5.06. The van der Waals surface area contributed by atoms with Crippen molar-refractivity contribution in [1.82, 2.24) is 5.32 Å². The molecule has 0 amide bonds. The number of hydrogen-bond acceptors (Lipinski definition) is 1. The second kappa shape index (κ2) is 8.15. The molecule has 0 bridgehead atoms. The minimum Gasteiger partial charge on any atom is -0.314 e. The van der Waals surface area contributed by atoms with Crippen molar-refractivity contribution < 1.29 is 0 Å². The third-order valence-corrected chi connectivity index (χ3v) is 3.80. The van der Waals surface area contributed by atoms with E-state index in [4.69, 9.17) is 0 Å². The second-order valence-electron chi connectivity index (χ2n) is 5.06. The molecule has 0 aromatic heterocycles. The molecule has 0 saturated heterocycles. The molecule has 1 heteroatoms. The lowest BCUT2D eigenvalue weighted by Crippen LogP contribution is -2.32. The van der Waals surface area contributed by atoms with Crippen LogP contribution in [0.1, 0.15) is 71.6 Å². The van der Waals surface area contributed by atoms with E-state index in [1.165, 1.54) is 57.8 Å². The van der Waals surface area contributed by atoms with Gasteiger partial charge in [0.05, 0.1) is 0 Å². The van der Waals surface area contributed by atoms with Gasteiger partial charge in [0.25, 0.3) is 0 Å². The average Bonchev–Trinajstić information content (AvgIpc) is 2.66. The zero-order chi connectivity index (χ0) is 10.9. The fourth-order valence-electron chi connectivity index (χ4n) is 2.92. The predicted octanol–water partition coefficient (Wildman–Crippen LogP) is 4.13. The molecular weight excluding hydrogens is 182 g/mol.